The zero-order valence-corrected chi connectivity index (χ0v) is 23.5. The molecule has 1 aromatic heterocycles. The van der Waals surface area contributed by atoms with E-state index >= 15 is 0 Å². The number of quaternary nitrogens is 1. The molecule has 7 nitrogen and oxygen atoms in total. The molecule has 1 fully saturated rings. The molecular formula is C29H44N3O4S+. The number of aliphatic hydroxyl groups excluding tert-OH is 1. The van der Waals surface area contributed by atoms with Gasteiger partial charge in [-0.15, -0.1) is 4.37 Å². The first kappa shape index (κ1) is 29.3. The lowest BCUT2D eigenvalue weighted by molar-refractivity contribution is -0.953. The van der Waals surface area contributed by atoms with Gasteiger partial charge in [0.1, 0.15) is 12.2 Å². The zero-order chi connectivity index (χ0) is 26.5. The van der Waals surface area contributed by atoms with Gasteiger partial charge < -0.3 is 14.6 Å². The van der Waals surface area contributed by atoms with Gasteiger partial charge in [-0.05, 0) is 31.4 Å². The lowest BCUT2D eigenvalue weighted by Crippen LogP contribution is -2.52. The molecule has 2 heterocycles. The van der Waals surface area contributed by atoms with Gasteiger partial charge in [-0.1, -0.05) is 69.7 Å². The number of aliphatic hydroxyl groups is 1. The highest BCUT2D eigenvalue weighted by molar-refractivity contribution is 6.99. The van der Waals surface area contributed by atoms with Crippen molar-refractivity contribution in [2.24, 2.45) is 5.92 Å². The van der Waals surface area contributed by atoms with Crippen molar-refractivity contribution in [3.05, 3.63) is 47.7 Å². The molecule has 4 rings (SSSR count). The molecule has 0 amide bonds. The second-order valence-electron chi connectivity index (χ2n) is 10.2. The number of unbranched alkanes of at least 4 members (excludes halogenated alkanes) is 3. The number of carbonyl (C=O) groups is 1. The maximum atomic E-state index is 13.2. The van der Waals surface area contributed by atoms with Crippen LogP contribution in [0.1, 0.15) is 88.6 Å². The van der Waals surface area contributed by atoms with Crippen LogP contribution >= 0.6 is 11.7 Å². The number of hydrogen-bond donors (Lipinski definition) is 1. The zero-order valence-electron chi connectivity index (χ0n) is 22.7. The van der Waals surface area contributed by atoms with Crippen LogP contribution in [0.25, 0.3) is 5.57 Å². The summed E-state index contributed by atoms with van der Waals surface area (Å²) in [5.41, 5.74) is 3.02. The molecule has 2 atom stereocenters. The van der Waals surface area contributed by atoms with Crippen LogP contribution in [-0.2, 0) is 9.53 Å². The summed E-state index contributed by atoms with van der Waals surface area (Å²) in [7, 11) is 3.20. The molecule has 8 heteroatoms. The topological polar surface area (TPSA) is 81.5 Å². The van der Waals surface area contributed by atoms with Crippen LogP contribution < -0.4 is 4.74 Å². The van der Waals surface area contributed by atoms with E-state index in [1.165, 1.54) is 37.4 Å². The Morgan fingerprint density at radius 2 is 1.86 bits per heavy atom. The Hall–Kier alpha value is -2.29. The first-order valence-electron chi connectivity index (χ1n) is 13.8. The molecule has 1 aliphatic heterocycles. The average molecular weight is 531 g/mol. The highest BCUT2D eigenvalue weighted by Crippen LogP contribution is 2.38. The van der Waals surface area contributed by atoms with E-state index < -0.39 is 0 Å². The molecule has 1 saturated carbocycles. The number of esters is 1. The largest absolute Gasteiger partial charge is 0.475 e. The first-order valence-corrected chi connectivity index (χ1v) is 14.5. The first-order chi connectivity index (χ1) is 18.1. The molecule has 1 N–H and O–H groups in total. The van der Waals surface area contributed by atoms with Gasteiger partial charge in [0.15, 0.2) is 0 Å². The number of ether oxygens (including phenoxy) is 2. The number of carbonyl (C=O) groups excluding carboxylic acids is 1. The summed E-state index contributed by atoms with van der Waals surface area (Å²) < 4.78 is 22.0. The minimum absolute atomic E-state index is 0.0248. The molecule has 0 bridgehead atoms. The van der Waals surface area contributed by atoms with Crippen LogP contribution in [-0.4, -0.2) is 58.2 Å². The van der Waals surface area contributed by atoms with E-state index in [4.69, 9.17) is 14.6 Å². The third kappa shape index (κ3) is 8.09. The Morgan fingerprint density at radius 1 is 1.11 bits per heavy atom. The average Bonchev–Trinajstić information content (AvgIpc) is 3.42. The molecule has 2 unspecified atom stereocenters. The Labute approximate surface area is 226 Å². The highest BCUT2D eigenvalue weighted by Gasteiger charge is 2.41. The Bertz CT molecular complexity index is 975. The standard InChI is InChI=1S/C28H40N3O3S.CH4O/c1-3-4-5-12-20-33-26-25(29-35-30-26)24-18-13-19-31(2,21-24)27(22-14-8-6-9-15-22)34-28(32)23-16-10-7-11-17-23;1-2/h6,8-9,14-15,18,23,27H,3-5,7,10-13,16-17,19-21H2,1-2H3;2H,1H3/q+1;. The number of rotatable bonds is 11. The maximum Gasteiger partial charge on any atom is 0.313 e. The van der Waals surface area contributed by atoms with Gasteiger partial charge in [0.25, 0.3) is 12.1 Å². The lowest BCUT2D eigenvalue weighted by Gasteiger charge is -2.43. The van der Waals surface area contributed by atoms with Gasteiger partial charge >= 0.3 is 5.97 Å². The van der Waals surface area contributed by atoms with Crippen molar-refractivity contribution in [1.82, 2.24) is 8.75 Å². The molecule has 204 valence electrons. The normalized spacial score (nSPS) is 20.8. The summed E-state index contributed by atoms with van der Waals surface area (Å²) in [6.07, 6.45) is 12.8. The number of aromatic nitrogens is 2. The van der Waals surface area contributed by atoms with Gasteiger partial charge in [-0.2, -0.15) is 4.37 Å². The summed E-state index contributed by atoms with van der Waals surface area (Å²) in [6.45, 7) is 4.49. The summed E-state index contributed by atoms with van der Waals surface area (Å²) >= 11 is 1.20. The van der Waals surface area contributed by atoms with Crippen molar-refractivity contribution < 1.29 is 23.9 Å². The monoisotopic (exact) mass is 530 g/mol. The van der Waals surface area contributed by atoms with Crippen LogP contribution in [0.3, 0.4) is 0 Å². The predicted molar refractivity (Wildman–Crippen MR) is 148 cm³/mol. The minimum atomic E-state index is -0.348. The van der Waals surface area contributed by atoms with Crippen LogP contribution in [0.5, 0.6) is 5.88 Å². The second-order valence-corrected chi connectivity index (χ2v) is 10.8. The maximum absolute atomic E-state index is 13.2. The number of hydrogen-bond acceptors (Lipinski definition) is 7. The van der Waals surface area contributed by atoms with Crippen molar-refractivity contribution in [1.29, 1.82) is 0 Å². The van der Waals surface area contributed by atoms with Crippen LogP contribution in [0.15, 0.2) is 36.4 Å². The summed E-state index contributed by atoms with van der Waals surface area (Å²) in [5.74, 6) is 0.624. The van der Waals surface area contributed by atoms with Crippen LogP contribution in [0, 0.1) is 5.92 Å². The van der Waals surface area contributed by atoms with E-state index in [1.54, 1.807) is 0 Å². The van der Waals surface area contributed by atoms with E-state index in [9.17, 15) is 4.79 Å². The molecule has 1 aromatic carbocycles. The van der Waals surface area contributed by atoms with E-state index in [0.29, 0.717) is 17.0 Å². The molecule has 0 spiro atoms. The van der Waals surface area contributed by atoms with E-state index in [0.717, 1.165) is 75.6 Å². The fourth-order valence-electron chi connectivity index (χ4n) is 5.32. The molecule has 37 heavy (non-hydrogen) atoms. The summed E-state index contributed by atoms with van der Waals surface area (Å²) in [4.78, 5) is 13.2. The van der Waals surface area contributed by atoms with Crippen molar-refractivity contribution >= 4 is 23.3 Å². The Balaban J connectivity index is 0.00000186. The lowest BCUT2D eigenvalue weighted by atomic mass is 9.89. The quantitative estimate of drug-likeness (QED) is 0.213. The smallest absolute Gasteiger partial charge is 0.313 e. The van der Waals surface area contributed by atoms with Crippen molar-refractivity contribution in [2.75, 3.05) is 33.9 Å². The fourth-order valence-corrected chi connectivity index (χ4v) is 5.86. The minimum Gasteiger partial charge on any atom is -0.475 e. The van der Waals surface area contributed by atoms with Crippen LogP contribution in [0.4, 0.5) is 0 Å². The fraction of sp³-hybridized carbons (Fsp3) is 0.621. The number of nitrogens with zero attached hydrogens (tertiary/aromatic N) is 3. The Morgan fingerprint density at radius 3 is 2.59 bits per heavy atom. The third-order valence-electron chi connectivity index (χ3n) is 7.38. The van der Waals surface area contributed by atoms with Crippen molar-refractivity contribution in [3.8, 4) is 5.88 Å². The molecule has 2 aromatic rings. The van der Waals surface area contributed by atoms with E-state index in [2.05, 4.69) is 40.9 Å². The van der Waals surface area contributed by atoms with Gasteiger partial charge in [0.2, 0.25) is 0 Å². The molecule has 2 aliphatic rings. The second kappa shape index (κ2) is 15.2. The highest BCUT2D eigenvalue weighted by atomic mass is 32.1. The van der Waals surface area contributed by atoms with Gasteiger partial charge in [-0.25, -0.2) is 0 Å². The van der Waals surface area contributed by atoms with Gasteiger partial charge in [0.05, 0.1) is 43.4 Å². The Kier molecular flexibility index (Phi) is 12.0. The molecule has 1 aliphatic carbocycles. The van der Waals surface area contributed by atoms with Gasteiger partial charge in [0, 0.05) is 19.1 Å². The summed E-state index contributed by atoms with van der Waals surface area (Å²) in [6, 6.07) is 10.2. The molecule has 0 saturated heterocycles. The molecular weight excluding hydrogens is 486 g/mol. The summed E-state index contributed by atoms with van der Waals surface area (Å²) in [5, 5.41) is 7.00. The van der Waals surface area contributed by atoms with E-state index in [-0.39, 0.29) is 18.1 Å². The SMILES string of the molecule is CCCCCCOc1nsnc1C1=CCC[N+](C)(C(OC(=O)C2CCCCC2)c2ccccc2)C1.CO. The van der Waals surface area contributed by atoms with E-state index in [1.807, 2.05) is 18.2 Å². The van der Waals surface area contributed by atoms with Gasteiger partial charge in [-0.3, -0.25) is 9.28 Å². The predicted octanol–water partition coefficient (Wildman–Crippen LogP) is 6.16. The van der Waals surface area contributed by atoms with Crippen molar-refractivity contribution in [3.63, 3.8) is 0 Å². The van der Waals surface area contributed by atoms with Crippen molar-refractivity contribution in [2.45, 2.75) is 77.4 Å². The number of benzene rings is 1. The van der Waals surface area contributed by atoms with Crippen LogP contribution in [0.2, 0.25) is 0 Å². The third-order valence-corrected chi connectivity index (χ3v) is 7.89. The number of likely N-dealkylation sites (N-methyl/N-ethyl adjacent to an activating group) is 1. The molecule has 0 radical (unpaired) electrons.